The molecule has 3 aromatic rings. The third kappa shape index (κ3) is 6.28. The van der Waals surface area contributed by atoms with Crippen LogP contribution in [0.4, 0.5) is 5.95 Å². The number of anilines is 1. The molecule has 0 saturated carbocycles. The summed E-state index contributed by atoms with van der Waals surface area (Å²) in [6.07, 6.45) is 2.97. The number of nitrogens with zero attached hydrogens (tertiary/aromatic N) is 4. The second-order valence-electron chi connectivity index (χ2n) is 10.0. The predicted octanol–water partition coefficient (Wildman–Crippen LogP) is 3.24. The second kappa shape index (κ2) is 10.9. The van der Waals surface area contributed by atoms with Gasteiger partial charge in [0.15, 0.2) is 0 Å². The largest absolute Gasteiger partial charge is 0.380 e. The standard InChI is InChI=1S/C27H28N6O5S/c1-26(2,3)33-39(35,36)23-11-6-5-10-21(23)20-15-29-25(30-16-20)31-24(34)27(17-37-4)13-22(32-38-27)19-9-7-8-18(12-19)14-28/h5-12,15-16,33H,13,17H2,1-4H3,(H,29,30,31,34). The SMILES string of the molecule is COCC1(C(=O)Nc2ncc(-c3ccccc3S(=O)(=O)NC(C)(C)C)cn2)CC(c2cccc(C#N)c2)=NO1. The molecule has 4 rings (SSSR count). The van der Waals surface area contributed by atoms with E-state index in [9.17, 15) is 18.5 Å². The van der Waals surface area contributed by atoms with Gasteiger partial charge in [0.25, 0.3) is 5.91 Å². The van der Waals surface area contributed by atoms with E-state index in [0.29, 0.717) is 28.0 Å². The van der Waals surface area contributed by atoms with E-state index in [1.165, 1.54) is 25.6 Å². The van der Waals surface area contributed by atoms with Crippen LogP contribution < -0.4 is 10.0 Å². The third-order valence-corrected chi connectivity index (χ3v) is 7.52. The van der Waals surface area contributed by atoms with Crippen LogP contribution in [0.15, 0.2) is 71.0 Å². The first kappa shape index (κ1) is 27.8. The van der Waals surface area contributed by atoms with Crippen LogP contribution in [0.5, 0.6) is 0 Å². The van der Waals surface area contributed by atoms with Crippen molar-refractivity contribution in [2.75, 3.05) is 19.0 Å². The van der Waals surface area contributed by atoms with Crippen LogP contribution >= 0.6 is 0 Å². The summed E-state index contributed by atoms with van der Waals surface area (Å²) in [4.78, 5) is 27.4. The molecule has 1 atom stereocenters. The minimum Gasteiger partial charge on any atom is -0.380 e. The number of oxime groups is 1. The van der Waals surface area contributed by atoms with Crippen molar-refractivity contribution in [2.45, 2.75) is 43.2 Å². The lowest BCUT2D eigenvalue weighted by Crippen LogP contribution is -2.47. The maximum atomic E-state index is 13.3. The number of carbonyl (C=O) groups is 1. The fourth-order valence-corrected chi connectivity index (χ4v) is 5.69. The van der Waals surface area contributed by atoms with Gasteiger partial charge in [-0.1, -0.05) is 35.5 Å². The van der Waals surface area contributed by atoms with Crippen LogP contribution in [0.3, 0.4) is 0 Å². The van der Waals surface area contributed by atoms with Crippen LogP contribution in [-0.2, 0) is 24.4 Å². The van der Waals surface area contributed by atoms with E-state index in [0.717, 1.165) is 0 Å². The van der Waals surface area contributed by atoms with Crippen molar-refractivity contribution in [3.05, 3.63) is 72.1 Å². The highest BCUT2D eigenvalue weighted by Crippen LogP contribution is 2.30. The number of carbonyl (C=O) groups excluding carboxylic acids is 1. The van der Waals surface area contributed by atoms with Gasteiger partial charge in [0, 0.05) is 48.2 Å². The fraction of sp³-hybridized carbons (Fsp3) is 0.296. The molecule has 2 N–H and O–H groups in total. The predicted molar refractivity (Wildman–Crippen MR) is 144 cm³/mol. The molecular formula is C27H28N6O5S. The highest BCUT2D eigenvalue weighted by Gasteiger charge is 2.47. The lowest BCUT2D eigenvalue weighted by Gasteiger charge is -2.24. The Morgan fingerprint density at radius 3 is 2.51 bits per heavy atom. The van der Waals surface area contributed by atoms with E-state index in [1.54, 1.807) is 63.2 Å². The van der Waals surface area contributed by atoms with Gasteiger partial charge in [0.2, 0.25) is 21.6 Å². The Morgan fingerprint density at radius 2 is 1.85 bits per heavy atom. The van der Waals surface area contributed by atoms with Crippen molar-refractivity contribution in [3.8, 4) is 17.2 Å². The van der Waals surface area contributed by atoms with E-state index in [2.05, 4.69) is 31.2 Å². The topological polar surface area (TPSA) is 156 Å². The van der Waals surface area contributed by atoms with Crippen molar-refractivity contribution >= 4 is 27.6 Å². The van der Waals surface area contributed by atoms with Gasteiger partial charge < -0.3 is 9.57 Å². The van der Waals surface area contributed by atoms with Gasteiger partial charge in [-0.3, -0.25) is 10.1 Å². The number of aromatic nitrogens is 2. The Balaban J connectivity index is 1.54. The number of nitrogens with one attached hydrogen (secondary N) is 2. The molecule has 0 radical (unpaired) electrons. The zero-order valence-corrected chi connectivity index (χ0v) is 22.7. The number of benzene rings is 2. The van der Waals surface area contributed by atoms with Crippen LogP contribution in [0.1, 0.15) is 38.3 Å². The Kier molecular flexibility index (Phi) is 7.78. The summed E-state index contributed by atoms with van der Waals surface area (Å²) < 4.78 is 33.9. The van der Waals surface area contributed by atoms with Crippen LogP contribution in [-0.4, -0.2) is 54.9 Å². The lowest BCUT2D eigenvalue weighted by molar-refractivity contribution is -0.144. The molecule has 0 saturated heterocycles. The summed E-state index contributed by atoms with van der Waals surface area (Å²) in [5, 5.41) is 15.9. The molecule has 12 heteroatoms. The quantitative estimate of drug-likeness (QED) is 0.435. The number of methoxy groups -OCH3 is 1. The highest BCUT2D eigenvalue weighted by molar-refractivity contribution is 7.89. The minimum absolute atomic E-state index is 0.00379. The first-order valence-electron chi connectivity index (χ1n) is 12.0. The van der Waals surface area contributed by atoms with E-state index in [-0.39, 0.29) is 23.9 Å². The van der Waals surface area contributed by atoms with E-state index >= 15 is 0 Å². The normalized spacial score (nSPS) is 17.2. The zero-order valence-electron chi connectivity index (χ0n) is 21.9. The van der Waals surface area contributed by atoms with Crippen molar-refractivity contribution in [3.63, 3.8) is 0 Å². The maximum Gasteiger partial charge on any atom is 0.276 e. The average molecular weight is 549 g/mol. The Hall–Kier alpha value is -4.18. The van der Waals surface area contributed by atoms with Gasteiger partial charge in [0.1, 0.15) is 0 Å². The Morgan fingerprint density at radius 1 is 1.13 bits per heavy atom. The molecule has 2 aromatic carbocycles. The number of hydrogen-bond acceptors (Lipinski definition) is 9. The van der Waals surface area contributed by atoms with Crippen molar-refractivity contribution < 1.29 is 22.8 Å². The summed E-state index contributed by atoms with van der Waals surface area (Å²) >= 11 is 0. The third-order valence-electron chi connectivity index (χ3n) is 5.71. The van der Waals surface area contributed by atoms with Gasteiger partial charge in [-0.25, -0.2) is 23.1 Å². The molecule has 1 amide bonds. The van der Waals surface area contributed by atoms with E-state index in [1.807, 2.05) is 0 Å². The van der Waals surface area contributed by atoms with Gasteiger partial charge in [-0.05, 0) is 39.0 Å². The van der Waals surface area contributed by atoms with Gasteiger partial charge >= 0.3 is 0 Å². The average Bonchev–Trinajstić information content (AvgIpc) is 3.34. The molecule has 0 bridgehead atoms. The summed E-state index contributed by atoms with van der Waals surface area (Å²) in [6.45, 7) is 5.19. The molecule has 202 valence electrons. The zero-order chi connectivity index (χ0) is 28.3. The molecular weight excluding hydrogens is 520 g/mol. The van der Waals surface area contributed by atoms with Gasteiger partial charge in [0.05, 0.1) is 28.8 Å². The summed E-state index contributed by atoms with van der Waals surface area (Å²) in [6, 6.07) is 15.4. The number of nitriles is 1. The van der Waals surface area contributed by atoms with Crippen LogP contribution in [0.2, 0.25) is 0 Å². The van der Waals surface area contributed by atoms with Crippen LogP contribution in [0.25, 0.3) is 11.1 Å². The summed E-state index contributed by atoms with van der Waals surface area (Å²) in [5.74, 6) is -0.569. The molecule has 1 aliphatic heterocycles. The first-order valence-corrected chi connectivity index (χ1v) is 13.5. The van der Waals surface area contributed by atoms with E-state index < -0.39 is 27.1 Å². The van der Waals surface area contributed by atoms with Crippen molar-refractivity contribution in [1.29, 1.82) is 5.26 Å². The van der Waals surface area contributed by atoms with Crippen molar-refractivity contribution in [1.82, 2.24) is 14.7 Å². The molecule has 1 unspecified atom stereocenters. The molecule has 39 heavy (non-hydrogen) atoms. The second-order valence-corrected chi connectivity index (χ2v) is 11.7. The molecule has 0 spiro atoms. The first-order chi connectivity index (χ1) is 18.5. The monoisotopic (exact) mass is 548 g/mol. The summed E-state index contributed by atoms with van der Waals surface area (Å²) in [7, 11) is -2.38. The molecule has 0 fully saturated rings. The highest BCUT2D eigenvalue weighted by atomic mass is 32.2. The van der Waals surface area contributed by atoms with Gasteiger partial charge in [-0.2, -0.15) is 5.26 Å². The number of amides is 1. The number of sulfonamides is 1. The lowest BCUT2D eigenvalue weighted by atomic mass is 9.93. The number of ether oxygens (including phenoxy) is 1. The molecule has 11 nitrogen and oxygen atoms in total. The van der Waals surface area contributed by atoms with E-state index in [4.69, 9.17) is 9.57 Å². The van der Waals surface area contributed by atoms with Gasteiger partial charge in [-0.15, -0.1) is 0 Å². The van der Waals surface area contributed by atoms with Crippen molar-refractivity contribution in [2.24, 2.45) is 5.16 Å². The molecule has 1 aliphatic rings. The number of rotatable bonds is 8. The molecule has 2 heterocycles. The molecule has 1 aromatic heterocycles. The molecule has 0 aliphatic carbocycles. The van der Waals surface area contributed by atoms with Crippen LogP contribution in [0, 0.1) is 11.3 Å². The fourth-order valence-electron chi connectivity index (χ4n) is 4.04. The Labute approximate surface area is 226 Å². The minimum atomic E-state index is -3.82. The maximum absolute atomic E-state index is 13.3. The smallest absolute Gasteiger partial charge is 0.276 e. The Bertz CT molecular complexity index is 1560. The number of hydrogen-bond donors (Lipinski definition) is 2. The summed E-state index contributed by atoms with van der Waals surface area (Å²) in [5.41, 5.74) is 0.357.